The lowest BCUT2D eigenvalue weighted by atomic mass is 9.44. The maximum atomic E-state index is 11.3. The molecule has 4 aliphatic rings. The molecular formula is C21H35NO4. The van der Waals surface area contributed by atoms with Crippen molar-refractivity contribution < 1.29 is 20.2 Å². The van der Waals surface area contributed by atoms with Crippen LogP contribution < -0.4 is 0 Å². The van der Waals surface area contributed by atoms with E-state index in [-0.39, 0.29) is 35.1 Å². The fourth-order valence-corrected chi connectivity index (χ4v) is 7.72. The summed E-state index contributed by atoms with van der Waals surface area (Å²) in [6.45, 7) is 7.14. The number of ether oxygens (including phenoxy) is 1. The summed E-state index contributed by atoms with van der Waals surface area (Å²) in [6.07, 6.45) is 5.64. The van der Waals surface area contributed by atoms with Gasteiger partial charge in [-0.1, -0.05) is 19.0 Å². The molecule has 9 atom stereocenters. The van der Waals surface area contributed by atoms with Crippen LogP contribution in [-0.2, 0) is 4.74 Å². The largest absolute Gasteiger partial charge is 0.411 e. The van der Waals surface area contributed by atoms with E-state index in [4.69, 9.17) is 4.74 Å². The van der Waals surface area contributed by atoms with E-state index in [0.717, 1.165) is 44.2 Å². The molecule has 4 saturated carbocycles. The Hall–Kier alpha value is -0.650. The molecule has 4 fully saturated rings. The van der Waals surface area contributed by atoms with Crippen molar-refractivity contribution in [2.75, 3.05) is 6.61 Å². The molecule has 0 amide bonds. The smallest absolute Gasteiger partial charge is 0.0839 e. The van der Waals surface area contributed by atoms with Gasteiger partial charge in [-0.25, -0.2) is 0 Å². The Kier molecular flexibility index (Phi) is 4.64. The lowest BCUT2D eigenvalue weighted by molar-refractivity contribution is -0.194. The molecule has 0 aromatic heterocycles. The Morgan fingerprint density at radius 3 is 2.58 bits per heavy atom. The van der Waals surface area contributed by atoms with Crippen LogP contribution in [0, 0.1) is 34.5 Å². The highest BCUT2D eigenvalue weighted by Crippen LogP contribution is 2.65. The van der Waals surface area contributed by atoms with Gasteiger partial charge in [-0.15, -0.1) is 0 Å². The molecule has 4 aliphatic carbocycles. The van der Waals surface area contributed by atoms with E-state index in [1.54, 1.807) is 0 Å². The predicted molar refractivity (Wildman–Crippen MR) is 99.1 cm³/mol. The highest BCUT2D eigenvalue weighted by atomic mass is 16.5. The fourth-order valence-electron chi connectivity index (χ4n) is 7.72. The third-order valence-corrected chi connectivity index (χ3v) is 8.84. The van der Waals surface area contributed by atoms with Gasteiger partial charge in [-0.2, -0.15) is 0 Å². The molecule has 0 aromatic rings. The SMILES string of the molecule is CCO[C@H]1C[C@@]2(C)[C@@H](CC[C@@H]3[C@@H]2[C@@H](O)C[C@]2(C)/C(=N/O)CC[C@@H]32)C[C@@H]1O. The average Bonchev–Trinajstić information content (AvgIpc) is 2.91. The van der Waals surface area contributed by atoms with Crippen LogP contribution in [0.1, 0.15) is 65.7 Å². The summed E-state index contributed by atoms with van der Waals surface area (Å²) in [5.74, 6) is 1.69. The second-order valence-corrected chi connectivity index (χ2v) is 9.85. The molecule has 5 heteroatoms. The molecule has 4 rings (SSSR count). The number of oxime groups is 1. The van der Waals surface area contributed by atoms with Gasteiger partial charge < -0.3 is 20.2 Å². The summed E-state index contributed by atoms with van der Waals surface area (Å²) >= 11 is 0. The van der Waals surface area contributed by atoms with Gasteiger partial charge in [-0.3, -0.25) is 0 Å². The van der Waals surface area contributed by atoms with E-state index in [0.29, 0.717) is 30.8 Å². The maximum absolute atomic E-state index is 11.3. The van der Waals surface area contributed by atoms with E-state index < -0.39 is 0 Å². The van der Waals surface area contributed by atoms with Gasteiger partial charge in [0.1, 0.15) is 0 Å². The Morgan fingerprint density at radius 2 is 1.88 bits per heavy atom. The summed E-state index contributed by atoms with van der Waals surface area (Å²) in [5, 5.41) is 34.9. The highest BCUT2D eigenvalue weighted by molar-refractivity contribution is 5.92. The zero-order valence-corrected chi connectivity index (χ0v) is 16.4. The second-order valence-electron chi connectivity index (χ2n) is 9.85. The fraction of sp³-hybridized carbons (Fsp3) is 0.952. The quantitative estimate of drug-likeness (QED) is 0.518. The number of aliphatic hydroxyl groups excluding tert-OH is 2. The Balaban J connectivity index is 1.66. The van der Waals surface area contributed by atoms with Crippen molar-refractivity contribution in [2.24, 2.45) is 39.7 Å². The van der Waals surface area contributed by atoms with Crippen molar-refractivity contribution in [3.8, 4) is 0 Å². The van der Waals surface area contributed by atoms with Crippen LogP contribution in [0.15, 0.2) is 5.16 Å². The molecule has 0 radical (unpaired) electrons. The van der Waals surface area contributed by atoms with Crippen LogP contribution in [-0.4, -0.2) is 46.1 Å². The minimum atomic E-state index is -0.379. The van der Waals surface area contributed by atoms with Crippen LogP contribution in [0.2, 0.25) is 0 Å². The average molecular weight is 366 g/mol. The second kappa shape index (κ2) is 6.46. The zero-order valence-electron chi connectivity index (χ0n) is 16.4. The number of fused-ring (bicyclic) bond motifs is 5. The first-order chi connectivity index (χ1) is 12.3. The number of nitrogens with zero attached hydrogens (tertiary/aromatic N) is 1. The Morgan fingerprint density at radius 1 is 1.12 bits per heavy atom. The van der Waals surface area contributed by atoms with Gasteiger partial charge in [0.15, 0.2) is 0 Å². The molecule has 26 heavy (non-hydrogen) atoms. The van der Waals surface area contributed by atoms with E-state index in [9.17, 15) is 15.4 Å². The van der Waals surface area contributed by atoms with E-state index >= 15 is 0 Å². The van der Waals surface area contributed by atoms with Gasteiger partial charge in [0.05, 0.1) is 24.0 Å². The van der Waals surface area contributed by atoms with Crippen LogP contribution in [0.4, 0.5) is 0 Å². The van der Waals surface area contributed by atoms with Gasteiger partial charge >= 0.3 is 0 Å². The van der Waals surface area contributed by atoms with Crippen LogP contribution in [0.3, 0.4) is 0 Å². The molecular weight excluding hydrogens is 330 g/mol. The lowest BCUT2D eigenvalue weighted by Crippen LogP contribution is -2.61. The number of rotatable bonds is 2. The number of aliphatic hydroxyl groups is 2. The van der Waals surface area contributed by atoms with Crippen molar-refractivity contribution in [1.82, 2.24) is 0 Å². The van der Waals surface area contributed by atoms with Crippen LogP contribution >= 0.6 is 0 Å². The highest BCUT2D eigenvalue weighted by Gasteiger charge is 2.63. The Labute approximate surface area is 156 Å². The van der Waals surface area contributed by atoms with Gasteiger partial charge in [0, 0.05) is 12.0 Å². The van der Waals surface area contributed by atoms with Crippen molar-refractivity contribution in [2.45, 2.75) is 84.0 Å². The molecule has 0 saturated heterocycles. The van der Waals surface area contributed by atoms with Gasteiger partial charge in [0.25, 0.3) is 0 Å². The van der Waals surface area contributed by atoms with Crippen molar-refractivity contribution in [3.63, 3.8) is 0 Å². The first-order valence-corrected chi connectivity index (χ1v) is 10.5. The van der Waals surface area contributed by atoms with Crippen molar-refractivity contribution in [3.05, 3.63) is 0 Å². The van der Waals surface area contributed by atoms with Crippen molar-refractivity contribution >= 4 is 5.71 Å². The molecule has 5 nitrogen and oxygen atoms in total. The molecule has 0 spiro atoms. The van der Waals surface area contributed by atoms with Gasteiger partial charge in [0.2, 0.25) is 0 Å². The van der Waals surface area contributed by atoms with Crippen LogP contribution in [0.5, 0.6) is 0 Å². The molecule has 0 aromatic carbocycles. The topological polar surface area (TPSA) is 82.3 Å². The third kappa shape index (κ3) is 2.50. The Bertz CT molecular complexity index is 580. The molecule has 148 valence electrons. The van der Waals surface area contributed by atoms with Crippen LogP contribution in [0.25, 0.3) is 0 Å². The minimum absolute atomic E-state index is 0.0157. The van der Waals surface area contributed by atoms with E-state index in [1.807, 2.05) is 6.92 Å². The predicted octanol–water partition coefficient (Wildman–Crippen LogP) is 3.21. The third-order valence-electron chi connectivity index (χ3n) is 8.84. The molecule has 3 N–H and O–H groups in total. The van der Waals surface area contributed by atoms with E-state index in [2.05, 4.69) is 19.0 Å². The summed E-state index contributed by atoms with van der Waals surface area (Å²) in [5.41, 5.74) is 0.743. The minimum Gasteiger partial charge on any atom is -0.411 e. The first-order valence-electron chi connectivity index (χ1n) is 10.5. The number of hydrogen-bond acceptors (Lipinski definition) is 5. The number of hydrogen-bond donors (Lipinski definition) is 3. The molecule has 0 bridgehead atoms. The lowest BCUT2D eigenvalue weighted by Gasteiger charge is -2.62. The zero-order chi connectivity index (χ0) is 18.7. The standard InChI is InChI=1S/C21H35NO4/c1-4-26-17-11-20(2)12(9-15(17)23)5-6-13-14-7-8-18(22-25)21(14,3)10-16(24)19(13)20/h12-17,19,23-25H,4-11H2,1-3H3/b22-18+/t12-,13-,14-,15-,16-,17-,19+,20-,21-/m0/s1. The summed E-state index contributed by atoms with van der Waals surface area (Å²) in [7, 11) is 0. The van der Waals surface area contributed by atoms with E-state index in [1.165, 1.54) is 0 Å². The maximum Gasteiger partial charge on any atom is 0.0839 e. The van der Waals surface area contributed by atoms with Crippen molar-refractivity contribution in [1.29, 1.82) is 0 Å². The summed E-state index contributed by atoms with van der Waals surface area (Å²) < 4.78 is 5.88. The summed E-state index contributed by atoms with van der Waals surface area (Å²) in [4.78, 5) is 0. The molecule has 0 aliphatic heterocycles. The molecule has 0 heterocycles. The monoisotopic (exact) mass is 365 g/mol. The molecule has 0 unspecified atom stereocenters. The normalized spacial score (nSPS) is 55.3. The summed E-state index contributed by atoms with van der Waals surface area (Å²) in [6, 6.07) is 0. The van der Waals surface area contributed by atoms with Gasteiger partial charge in [-0.05, 0) is 81.0 Å². The first kappa shape index (κ1) is 18.7.